The summed E-state index contributed by atoms with van der Waals surface area (Å²) in [6.45, 7) is 13.1. The van der Waals surface area contributed by atoms with Gasteiger partial charge in [-0.2, -0.15) is 0 Å². The first-order valence-corrected chi connectivity index (χ1v) is 7.20. The van der Waals surface area contributed by atoms with Crippen molar-refractivity contribution in [2.24, 2.45) is 5.41 Å². The first kappa shape index (κ1) is 17.2. The summed E-state index contributed by atoms with van der Waals surface area (Å²) in [4.78, 5) is 11.0. The number of ether oxygens (including phenoxy) is 1. The quantitative estimate of drug-likeness (QED) is 0.530. The van der Waals surface area contributed by atoms with Crippen LogP contribution in [-0.4, -0.2) is 12.1 Å². The number of allylic oxidation sites excluding steroid dienone is 1. The van der Waals surface area contributed by atoms with Crippen LogP contribution < -0.4 is 0 Å². The maximum absolute atomic E-state index is 11.0. The first-order valence-electron chi connectivity index (χ1n) is 7.20. The van der Waals surface area contributed by atoms with E-state index in [1.807, 2.05) is 13.0 Å². The van der Waals surface area contributed by atoms with Gasteiger partial charge in [-0.1, -0.05) is 53.5 Å². The number of carbonyl (C=O) groups excluding carboxylic acids is 1. The van der Waals surface area contributed by atoms with E-state index < -0.39 is 0 Å². The maximum atomic E-state index is 11.0. The van der Waals surface area contributed by atoms with Gasteiger partial charge in [-0.15, -0.1) is 0 Å². The zero-order valence-corrected chi connectivity index (χ0v) is 13.0. The summed E-state index contributed by atoms with van der Waals surface area (Å²) in [6, 6.07) is 0. The second-order valence-corrected chi connectivity index (χ2v) is 6.25. The molecule has 0 aliphatic carbocycles. The fourth-order valence-electron chi connectivity index (χ4n) is 1.93. The summed E-state index contributed by atoms with van der Waals surface area (Å²) in [5, 5.41) is 0. The molecule has 0 aromatic carbocycles. The molecule has 1 saturated heterocycles. The summed E-state index contributed by atoms with van der Waals surface area (Å²) in [5.41, 5.74) is 1.41. The zero-order chi connectivity index (χ0) is 14.2. The van der Waals surface area contributed by atoms with Crippen LogP contribution in [0.15, 0.2) is 11.6 Å². The van der Waals surface area contributed by atoms with Gasteiger partial charge in [-0.3, -0.25) is 0 Å². The van der Waals surface area contributed by atoms with Gasteiger partial charge in [0.05, 0.1) is 0 Å². The molecular weight excluding hydrogens is 224 g/mol. The molecule has 0 bridgehead atoms. The number of rotatable bonds is 3. The Balaban J connectivity index is 0.000000360. The Morgan fingerprint density at radius 1 is 1.28 bits per heavy atom. The predicted octanol–water partition coefficient (Wildman–Crippen LogP) is 4.88. The van der Waals surface area contributed by atoms with Crippen LogP contribution >= 0.6 is 0 Å². The van der Waals surface area contributed by atoms with Crippen LogP contribution in [0.5, 0.6) is 0 Å². The smallest absolute Gasteiger partial charge is 0.334 e. The van der Waals surface area contributed by atoms with Crippen LogP contribution in [0.4, 0.5) is 0 Å². The molecular formula is C16H30O2. The van der Waals surface area contributed by atoms with Crippen molar-refractivity contribution in [1.29, 1.82) is 0 Å². The van der Waals surface area contributed by atoms with Crippen molar-refractivity contribution in [2.75, 3.05) is 0 Å². The largest absolute Gasteiger partial charge is 0.459 e. The highest BCUT2D eigenvalue weighted by atomic mass is 16.5. The second kappa shape index (κ2) is 8.34. The number of hydrogen-bond acceptors (Lipinski definition) is 2. The molecule has 0 radical (unpaired) electrons. The number of esters is 1. The van der Waals surface area contributed by atoms with Crippen LogP contribution in [0.1, 0.15) is 73.6 Å². The lowest BCUT2D eigenvalue weighted by Crippen LogP contribution is -2.02. The normalized spacial score (nSPS) is 21.6. The Morgan fingerprint density at radius 3 is 2.17 bits per heavy atom. The van der Waals surface area contributed by atoms with Crippen molar-refractivity contribution in [3.63, 3.8) is 0 Å². The van der Waals surface area contributed by atoms with Gasteiger partial charge >= 0.3 is 5.97 Å². The highest BCUT2D eigenvalue weighted by Gasteiger charge is 2.24. The van der Waals surface area contributed by atoms with Crippen LogP contribution in [0.2, 0.25) is 0 Å². The standard InChI is InChI=1S/C9H14O2.C7H16/c1-3-4-5-8-6-7(2)11-9(8)10;1-5-6-7(2,3)4/h5,7H,3-4,6H2,1-2H3;5-6H2,1-4H3/b8-5-;. The summed E-state index contributed by atoms with van der Waals surface area (Å²) in [7, 11) is 0. The minimum Gasteiger partial charge on any atom is -0.459 e. The summed E-state index contributed by atoms with van der Waals surface area (Å²) in [5.74, 6) is -0.119. The van der Waals surface area contributed by atoms with Crippen molar-refractivity contribution < 1.29 is 9.53 Å². The van der Waals surface area contributed by atoms with Crippen LogP contribution in [0, 0.1) is 5.41 Å². The molecule has 1 aliphatic heterocycles. The lowest BCUT2D eigenvalue weighted by molar-refractivity contribution is -0.138. The molecule has 0 spiro atoms. The summed E-state index contributed by atoms with van der Waals surface area (Å²) >= 11 is 0. The Morgan fingerprint density at radius 2 is 1.89 bits per heavy atom. The topological polar surface area (TPSA) is 26.3 Å². The third kappa shape index (κ3) is 8.32. The predicted molar refractivity (Wildman–Crippen MR) is 77.5 cm³/mol. The zero-order valence-electron chi connectivity index (χ0n) is 13.0. The SMILES string of the molecule is CCC/C=C1/CC(C)OC1=O.CCCC(C)(C)C. The molecule has 2 nitrogen and oxygen atoms in total. The summed E-state index contributed by atoms with van der Waals surface area (Å²) < 4.78 is 4.96. The van der Waals surface area contributed by atoms with Crippen LogP contribution in [-0.2, 0) is 9.53 Å². The monoisotopic (exact) mass is 254 g/mol. The first-order chi connectivity index (χ1) is 8.30. The molecule has 1 fully saturated rings. The van der Waals surface area contributed by atoms with Crippen molar-refractivity contribution in [3.8, 4) is 0 Å². The molecule has 0 N–H and O–H groups in total. The maximum Gasteiger partial charge on any atom is 0.334 e. The molecule has 2 heteroatoms. The average Bonchev–Trinajstić information content (AvgIpc) is 2.53. The van der Waals surface area contributed by atoms with Crippen LogP contribution in [0.3, 0.4) is 0 Å². The number of cyclic esters (lactones) is 1. The molecule has 1 atom stereocenters. The average molecular weight is 254 g/mol. The molecule has 1 rings (SSSR count). The Bertz CT molecular complexity index is 271. The van der Waals surface area contributed by atoms with E-state index in [0.29, 0.717) is 5.41 Å². The fourth-order valence-corrected chi connectivity index (χ4v) is 1.93. The van der Waals surface area contributed by atoms with Crippen molar-refractivity contribution in [1.82, 2.24) is 0 Å². The third-order valence-electron chi connectivity index (χ3n) is 2.76. The van der Waals surface area contributed by atoms with Crippen molar-refractivity contribution in [3.05, 3.63) is 11.6 Å². The lowest BCUT2D eigenvalue weighted by Gasteiger charge is -2.15. The molecule has 18 heavy (non-hydrogen) atoms. The number of carbonyl (C=O) groups is 1. The number of unbranched alkanes of at least 4 members (excludes halogenated alkanes) is 1. The molecule has 1 aliphatic rings. The van der Waals surface area contributed by atoms with E-state index in [1.54, 1.807) is 0 Å². The van der Waals surface area contributed by atoms with E-state index in [9.17, 15) is 4.79 Å². The minimum absolute atomic E-state index is 0.0885. The molecule has 1 unspecified atom stereocenters. The van der Waals surface area contributed by atoms with Gasteiger partial charge < -0.3 is 4.74 Å². The molecule has 0 saturated carbocycles. The van der Waals surface area contributed by atoms with Gasteiger partial charge in [0.25, 0.3) is 0 Å². The van der Waals surface area contributed by atoms with E-state index in [2.05, 4.69) is 34.6 Å². The van der Waals surface area contributed by atoms with Gasteiger partial charge in [-0.05, 0) is 25.2 Å². The van der Waals surface area contributed by atoms with E-state index in [1.165, 1.54) is 12.8 Å². The van der Waals surface area contributed by atoms with Gasteiger partial charge in [0, 0.05) is 12.0 Å². The molecule has 106 valence electrons. The van der Waals surface area contributed by atoms with Gasteiger partial charge in [-0.25, -0.2) is 4.79 Å². The van der Waals surface area contributed by atoms with Gasteiger partial charge in [0.1, 0.15) is 6.10 Å². The Kier molecular flexibility index (Phi) is 7.97. The van der Waals surface area contributed by atoms with E-state index in [-0.39, 0.29) is 12.1 Å². The number of hydrogen-bond donors (Lipinski definition) is 0. The molecule has 0 aromatic heterocycles. The molecule has 1 heterocycles. The molecule has 0 amide bonds. The third-order valence-corrected chi connectivity index (χ3v) is 2.76. The molecule has 0 aromatic rings. The van der Waals surface area contributed by atoms with Gasteiger partial charge in [0.2, 0.25) is 0 Å². The van der Waals surface area contributed by atoms with Crippen LogP contribution in [0.25, 0.3) is 0 Å². The van der Waals surface area contributed by atoms with Crippen molar-refractivity contribution >= 4 is 5.97 Å². The Labute approximate surface area is 113 Å². The minimum atomic E-state index is -0.119. The van der Waals surface area contributed by atoms with E-state index in [4.69, 9.17) is 4.74 Å². The summed E-state index contributed by atoms with van der Waals surface area (Å²) in [6.07, 6.45) is 7.59. The lowest BCUT2D eigenvalue weighted by atomic mass is 9.91. The van der Waals surface area contributed by atoms with Crippen molar-refractivity contribution in [2.45, 2.75) is 79.8 Å². The van der Waals surface area contributed by atoms with E-state index in [0.717, 1.165) is 24.8 Å². The van der Waals surface area contributed by atoms with Gasteiger partial charge in [0.15, 0.2) is 0 Å². The fraction of sp³-hybridized carbons (Fsp3) is 0.812. The van der Waals surface area contributed by atoms with E-state index >= 15 is 0 Å². The highest BCUT2D eigenvalue weighted by Crippen LogP contribution is 2.20. The Hall–Kier alpha value is -0.790. The second-order valence-electron chi connectivity index (χ2n) is 6.25. The highest BCUT2D eigenvalue weighted by molar-refractivity contribution is 5.90.